The average molecular weight is 324 g/mol. The predicted octanol–water partition coefficient (Wildman–Crippen LogP) is 3.25. The van der Waals surface area contributed by atoms with Crippen LogP contribution < -0.4 is 5.32 Å². The maximum Gasteiger partial charge on any atom is 0.257 e. The van der Waals surface area contributed by atoms with E-state index in [1.54, 1.807) is 0 Å². The van der Waals surface area contributed by atoms with E-state index < -0.39 is 28.9 Å². The minimum absolute atomic E-state index is 0.180. The molecule has 0 aliphatic rings. The monoisotopic (exact) mass is 323 g/mol. The van der Waals surface area contributed by atoms with Crippen molar-refractivity contribution in [1.82, 2.24) is 5.32 Å². The lowest BCUT2D eigenvalue weighted by Crippen LogP contribution is -2.30. The summed E-state index contributed by atoms with van der Waals surface area (Å²) in [6.45, 7) is 2.21. The molecular weight excluding hydrogens is 311 g/mol. The fourth-order valence-corrected chi connectivity index (χ4v) is 2.18. The van der Waals surface area contributed by atoms with E-state index in [4.69, 9.17) is 0 Å². The first-order valence-corrected chi connectivity index (χ1v) is 6.56. The summed E-state index contributed by atoms with van der Waals surface area (Å²) in [6, 6.07) is 0.972. The highest BCUT2D eigenvalue weighted by Gasteiger charge is 2.19. The van der Waals surface area contributed by atoms with E-state index in [2.05, 4.69) is 21.2 Å². The van der Waals surface area contributed by atoms with Crippen LogP contribution in [0.4, 0.5) is 13.2 Å². The van der Waals surface area contributed by atoms with E-state index >= 15 is 0 Å². The predicted molar refractivity (Wildman–Crippen MR) is 66.2 cm³/mol. The summed E-state index contributed by atoms with van der Waals surface area (Å²) in [4.78, 5) is 11.6. The zero-order chi connectivity index (χ0) is 13.7. The van der Waals surface area contributed by atoms with Crippen LogP contribution in [0.5, 0.6) is 0 Å². The molecule has 1 atom stereocenters. The van der Waals surface area contributed by atoms with Crippen LogP contribution >= 0.6 is 15.9 Å². The van der Waals surface area contributed by atoms with Crippen molar-refractivity contribution in [3.05, 3.63) is 35.1 Å². The number of amides is 1. The molecule has 1 N–H and O–H groups in total. The maximum atomic E-state index is 13.3. The van der Waals surface area contributed by atoms with Gasteiger partial charge in [-0.3, -0.25) is 4.79 Å². The van der Waals surface area contributed by atoms with Gasteiger partial charge in [0.25, 0.3) is 5.91 Å². The highest BCUT2D eigenvalue weighted by atomic mass is 79.9. The second-order valence-corrected chi connectivity index (χ2v) is 4.83. The van der Waals surface area contributed by atoms with Crippen molar-refractivity contribution in [1.29, 1.82) is 0 Å². The van der Waals surface area contributed by atoms with Crippen molar-refractivity contribution in [3.8, 4) is 0 Å². The third kappa shape index (κ3) is 4.01. The molecule has 0 aromatic heterocycles. The number of halogens is 4. The molecule has 0 spiro atoms. The van der Waals surface area contributed by atoms with Gasteiger partial charge in [-0.1, -0.05) is 22.9 Å². The molecule has 0 saturated heterocycles. The van der Waals surface area contributed by atoms with Gasteiger partial charge in [0, 0.05) is 24.0 Å². The number of carbonyl (C=O) groups is 1. The molecule has 1 amide bonds. The quantitative estimate of drug-likeness (QED) is 0.828. The molecule has 0 fully saturated rings. The molecular formula is C12H13BrF3NO. The van der Waals surface area contributed by atoms with Crippen LogP contribution in [0.25, 0.3) is 0 Å². The Morgan fingerprint density at radius 3 is 2.39 bits per heavy atom. The first-order chi connectivity index (χ1) is 8.45. The second kappa shape index (κ2) is 6.78. The zero-order valence-corrected chi connectivity index (χ0v) is 11.4. The van der Waals surface area contributed by atoms with Crippen LogP contribution in [0.3, 0.4) is 0 Å². The largest absolute Gasteiger partial charge is 0.352 e. The molecule has 1 aromatic carbocycles. The van der Waals surface area contributed by atoms with Crippen molar-refractivity contribution in [3.63, 3.8) is 0 Å². The molecule has 0 heterocycles. The summed E-state index contributed by atoms with van der Waals surface area (Å²) in [7, 11) is 0. The molecule has 1 unspecified atom stereocenters. The summed E-state index contributed by atoms with van der Waals surface area (Å²) in [5, 5.41) is 3.20. The van der Waals surface area contributed by atoms with Crippen LogP contribution in [-0.2, 0) is 0 Å². The topological polar surface area (TPSA) is 29.1 Å². The van der Waals surface area contributed by atoms with Crippen LogP contribution in [0.2, 0.25) is 0 Å². The van der Waals surface area contributed by atoms with Crippen molar-refractivity contribution in [2.75, 3.05) is 11.9 Å². The van der Waals surface area contributed by atoms with Gasteiger partial charge in [0.1, 0.15) is 23.0 Å². The summed E-state index contributed by atoms with van der Waals surface area (Å²) in [6.07, 6.45) is 0.828. The van der Waals surface area contributed by atoms with E-state index in [-0.39, 0.29) is 5.92 Å². The molecule has 100 valence electrons. The number of alkyl halides is 1. The number of hydrogen-bond donors (Lipinski definition) is 1. The van der Waals surface area contributed by atoms with E-state index in [0.29, 0.717) is 18.7 Å². The van der Waals surface area contributed by atoms with Gasteiger partial charge in [-0.05, 0) is 12.3 Å². The van der Waals surface area contributed by atoms with Crippen molar-refractivity contribution in [2.24, 2.45) is 5.92 Å². The van der Waals surface area contributed by atoms with Crippen LogP contribution in [0.15, 0.2) is 12.1 Å². The normalized spacial score (nSPS) is 12.3. The van der Waals surface area contributed by atoms with Gasteiger partial charge in [0.15, 0.2) is 0 Å². The highest BCUT2D eigenvalue weighted by molar-refractivity contribution is 9.09. The van der Waals surface area contributed by atoms with Crippen LogP contribution in [0, 0.1) is 23.4 Å². The molecule has 0 aliphatic heterocycles. The standard InChI is InChI=1S/C12H13BrF3NO/c1-7(2-3-13)6-17-12(18)11-9(15)4-8(14)5-10(11)16/h4-5,7H,2-3,6H2,1H3,(H,17,18). The summed E-state index contributed by atoms with van der Waals surface area (Å²) in [5.41, 5.74) is -0.748. The molecule has 2 nitrogen and oxygen atoms in total. The molecule has 0 saturated carbocycles. The molecule has 1 rings (SSSR count). The number of benzene rings is 1. The third-order valence-electron chi connectivity index (χ3n) is 2.45. The summed E-state index contributed by atoms with van der Waals surface area (Å²) >= 11 is 3.26. The number of hydrogen-bond acceptors (Lipinski definition) is 1. The van der Waals surface area contributed by atoms with E-state index in [1.807, 2.05) is 6.92 Å². The smallest absolute Gasteiger partial charge is 0.257 e. The second-order valence-electron chi connectivity index (χ2n) is 4.04. The van der Waals surface area contributed by atoms with Gasteiger partial charge < -0.3 is 5.32 Å². The van der Waals surface area contributed by atoms with Gasteiger partial charge in [-0.25, -0.2) is 13.2 Å². The highest BCUT2D eigenvalue weighted by Crippen LogP contribution is 2.14. The van der Waals surface area contributed by atoms with Crippen molar-refractivity contribution >= 4 is 21.8 Å². The van der Waals surface area contributed by atoms with Crippen molar-refractivity contribution < 1.29 is 18.0 Å². The Bertz CT molecular complexity index is 416. The third-order valence-corrected chi connectivity index (χ3v) is 2.90. The molecule has 1 aromatic rings. The van der Waals surface area contributed by atoms with Gasteiger partial charge in [0.05, 0.1) is 0 Å². The fraction of sp³-hybridized carbons (Fsp3) is 0.417. The maximum absolute atomic E-state index is 13.3. The Kier molecular flexibility index (Phi) is 5.65. The lowest BCUT2D eigenvalue weighted by Gasteiger charge is -2.11. The summed E-state index contributed by atoms with van der Waals surface area (Å²) in [5.74, 6) is -4.13. The number of nitrogens with one attached hydrogen (secondary N) is 1. The Balaban J connectivity index is 2.73. The molecule has 0 aliphatic carbocycles. The average Bonchev–Trinajstić information content (AvgIpc) is 2.25. The van der Waals surface area contributed by atoms with Gasteiger partial charge in [-0.15, -0.1) is 0 Å². The fourth-order valence-electron chi connectivity index (χ4n) is 1.40. The first kappa shape index (κ1) is 15.0. The number of rotatable bonds is 5. The Morgan fingerprint density at radius 2 is 1.89 bits per heavy atom. The number of carbonyl (C=O) groups excluding carboxylic acids is 1. The molecule has 0 bridgehead atoms. The molecule has 6 heteroatoms. The SMILES string of the molecule is CC(CCBr)CNC(=O)c1c(F)cc(F)cc1F. The first-order valence-electron chi connectivity index (χ1n) is 5.44. The Labute approximate surface area is 112 Å². The summed E-state index contributed by atoms with van der Waals surface area (Å²) < 4.78 is 39.2. The van der Waals surface area contributed by atoms with Gasteiger partial charge in [-0.2, -0.15) is 0 Å². The lowest BCUT2D eigenvalue weighted by atomic mass is 10.1. The molecule has 0 radical (unpaired) electrons. The van der Waals surface area contributed by atoms with Crippen LogP contribution in [0.1, 0.15) is 23.7 Å². The Hall–Kier alpha value is -1.04. The van der Waals surface area contributed by atoms with Crippen molar-refractivity contribution in [2.45, 2.75) is 13.3 Å². The van der Waals surface area contributed by atoms with Crippen LogP contribution in [-0.4, -0.2) is 17.8 Å². The Morgan fingerprint density at radius 1 is 1.33 bits per heavy atom. The van der Waals surface area contributed by atoms with E-state index in [0.717, 1.165) is 11.8 Å². The minimum Gasteiger partial charge on any atom is -0.352 e. The minimum atomic E-state index is -1.20. The van der Waals surface area contributed by atoms with Gasteiger partial charge >= 0.3 is 0 Å². The van der Waals surface area contributed by atoms with E-state index in [1.165, 1.54) is 0 Å². The van der Waals surface area contributed by atoms with E-state index in [9.17, 15) is 18.0 Å². The van der Waals surface area contributed by atoms with Gasteiger partial charge in [0.2, 0.25) is 0 Å². The zero-order valence-electron chi connectivity index (χ0n) is 9.77. The lowest BCUT2D eigenvalue weighted by molar-refractivity contribution is 0.0939. The molecule has 18 heavy (non-hydrogen) atoms.